The van der Waals surface area contributed by atoms with E-state index in [0.29, 0.717) is 10.9 Å². The van der Waals surface area contributed by atoms with Gasteiger partial charge in [0, 0.05) is 16.3 Å². The molecule has 39 heavy (non-hydrogen) atoms. The van der Waals surface area contributed by atoms with Gasteiger partial charge in [-0.3, -0.25) is 4.79 Å². The molecule has 1 atom stereocenters. The third-order valence-electron chi connectivity index (χ3n) is 5.87. The van der Waals surface area contributed by atoms with Crippen LogP contribution in [-0.4, -0.2) is 34.4 Å². The molecule has 0 saturated carbocycles. The highest BCUT2D eigenvalue weighted by molar-refractivity contribution is 7.07. The van der Waals surface area contributed by atoms with Crippen LogP contribution in [0.2, 0.25) is 0 Å². The van der Waals surface area contributed by atoms with Crippen LogP contribution < -0.4 is 14.8 Å². The predicted octanol–water partition coefficient (Wildman–Crippen LogP) is 6.67. The number of benzene rings is 3. The molecule has 2 N–H and O–H groups in total. The Labute approximate surface area is 226 Å². The second-order valence-electron chi connectivity index (χ2n) is 9.84. The van der Waals surface area contributed by atoms with Gasteiger partial charge in [0.25, 0.3) is 5.91 Å². The third kappa shape index (κ3) is 6.85. The van der Waals surface area contributed by atoms with Crippen LogP contribution in [0, 0.1) is 5.41 Å². The van der Waals surface area contributed by atoms with Crippen molar-refractivity contribution in [2.75, 3.05) is 0 Å². The highest BCUT2D eigenvalue weighted by Gasteiger charge is 2.34. The van der Waals surface area contributed by atoms with Crippen LogP contribution in [0.25, 0.3) is 22.0 Å². The zero-order valence-electron chi connectivity index (χ0n) is 21.2. The summed E-state index contributed by atoms with van der Waals surface area (Å²) >= 11 is 1.43. The molecule has 0 aliphatic heterocycles. The van der Waals surface area contributed by atoms with Crippen LogP contribution in [0.1, 0.15) is 36.7 Å². The summed E-state index contributed by atoms with van der Waals surface area (Å²) in [4.78, 5) is 29.6. The molecule has 0 unspecified atom stereocenters. The lowest BCUT2D eigenvalue weighted by Crippen LogP contribution is -2.49. The van der Waals surface area contributed by atoms with Gasteiger partial charge in [0.05, 0.1) is 16.8 Å². The summed E-state index contributed by atoms with van der Waals surface area (Å²) in [6.45, 7) is 5.04. The van der Waals surface area contributed by atoms with Crippen molar-refractivity contribution in [2.24, 2.45) is 5.41 Å². The zero-order chi connectivity index (χ0) is 28.4. The highest BCUT2D eigenvalue weighted by atomic mass is 32.1. The maximum atomic E-state index is 13.4. The number of hydrogen-bond acceptors (Lipinski definition) is 6. The van der Waals surface area contributed by atoms with Crippen molar-refractivity contribution in [1.29, 1.82) is 0 Å². The average molecular weight is 559 g/mol. The van der Waals surface area contributed by atoms with E-state index in [2.05, 4.69) is 15.0 Å². The quantitative estimate of drug-likeness (QED) is 0.251. The molecule has 4 aromatic rings. The fourth-order valence-corrected chi connectivity index (χ4v) is 4.50. The minimum atomic E-state index is -4.81. The van der Waals surface area contributed by atoms with Crippen molar-refractivity contribution in [1.82, 2.24) is 10.3 Å². The largest absolute Gasteiger partial charge is 0.573 e. The summed E-state index contributed by atoms with van der Waals surface area (Å²) < 4.78 is 47.5. The second-order valence-corrected chi connectivity index (χ2v) is 10.6. The molecule has 1 heterocycles. The van der Waals surface area contributed by atoms with Gasteiger partial charge in [0.1, 0.15) is 24.1 Å². The number of halogens is 3. The number of ether oxygens (including phenoxy) is 2. The molecule has 1 aromatic heterocycles. The number of rotatable bonds is 8. The SMILES string of the molecule is CC(C)(C)[C@H](NC(=O)c1ccc2ccc(-c3cscn3)cc2c1OCc1ccc(OC(F)(F)F)cc1)C(=O)O. The van der Waals surface area contributed by atoms with E-state index in [9.17, 15) is 27.9 Å². The third-order valence-corrected chi connectivity index (χ3v) is 6.46. The normalized spacial score (nSPS) is 12.7. The Morgan fingerprint density at radius 1 is 1.05 bits per heavy atom. The van der Waals surface area contributed by atoms with Gasteiger partial charge in [0.2, 0.25) is 0 Å². The van der Waals surface area contributed by atoms with E-state index in [1.165, 1.54) is 35.6 Å². The maximum Gasteiger partial charge on any atom is 0.573 e. The van der Waals surface area contributed by atoms with Crippen LogP contribution in [0.4, 0.5) is 13.2 Å². The van der Waals surface area contributed by atoms with E-state index >= 15 is 0 Å². The number of carboxylic acid groups (broad SMARTS) is 1. The first-order valence-electron chi connectivity index (χ1n) is 11.8. The van der Waals surface area contributed by atoms with E-state index in [1.54, 1.807) is 38.4 Å². The average Bonchev–Trinajstić information content (AvgIpc) is 3.39. The van der Waals surface area contributed by atoms with Gasteiger partial charge in [-0.05, 0) is 40.6 Å². The molecule has 204 valence electrons. The van der Waals surface area contributed by atoms with Gasteiger partial charge in [-0.25, -0.2) is 9.78 Å². The number of carbonyl (C=O) groups is 2. The Bertz CT molecular complexity index is 1480. The van der Waals surface area contributed by atoms with E-state index in [-0.39, 0.29) is 23.7 Å². The van der Waals surface area contributed by atoms with Crippen molar-refractivity contribution in [3.05, 3.63) is 76.6 Å². The molecular formula is C28H25F3N2O5S. The van der Waals surface area contributed by atoms with Crippen molar-refractivity contribution in [3.8, 4) is 22.8 Å². The number of carbonyl (C=O) groups excluding carboxylic acids is 1. The number of fused-ring (bicyclic) bond motifs is 1. The summed E-state index contributed by atoms with van der Waals surface area (Å²) in [6.07, 6.45) is -4.81. The van der Waals surface area contributed by atoms with Crippen molar-refractivity contribution >= 4 is 34.0 Å². The molecule has 11 heteroatoms. The van der Waals surface area contributed by atoms with Crippen LogP contribution in [0.3, 0.4) is 0 Å². The molecule has 4 rings (SSSR count). The summed E-state index contributed by atoms with van der Waals surface area (Å²) in [5.41, 5.74) is 3.11. The lowest BCUT2D eigenvalue weighted by atomic mass is 9.86. The van der Waals surface area contributed by atoms with E-state index < -0.39 is 29.7 Å². The molecule has 0 saturated heterocycles. The van der Waals surface area contributed by atoms with E-state index in [1.807, 2.05) is 23.6 Å². The minimum Gasteiger partial charge on any atom is -0.487 e. The van der Waals surface area contributed by atoms with Crippen molar-refractivity contribution in [3.63, 3.8) is 0 Å². The first kappa shape index (κ1) is 27.9. The summed E-state index contributed by atoms with van der Waals surface area (Å²) in [5.74, 6) is -1.98. The van der Waals surface area contributed by atoms with E-state index in [4.69, 9.17) is 4.74 Å². The monoisotopic (exact) mass is 558 g/mol. The van der Waals surface area contributed by atoms with Gasteiger partial charge in [-0.1, -0.05) is 51.1 Å². The predicted molar refractivity (Wildman–Crippen MR) is 141 cm³/mol. The number of aromatic nitrogens is 1. The Hall–Kier alpha value is -4.12. The van der Waals surface area contributed by atoms with Gasteiger partial charge in [-0.15, -0.1) is 24.5 Å². The number of nitrogens with one attached hydrogen (secondary N) is 1. The summed E-state index contributed by atoms with van der Waals surface area (Å²) in [6, 6.07) is 12.9. The Kier molecular flexibility index (Phi) is 7.82. The number of amides is 1. The van der Waals surface area contributed by atoms with E-state index in [0.717, 1.165) is 16.6 Å². The molecule has 0 bridgehead atoms. The van der Waals surface area contributed by atoms with Crippen LogP contribution in [0.15, 0.2) is 65.5 Å². The molecule has 1 amide bonds. The van der Waals surface area contributed by atoms with Gasteiger partial charge >= 0.3 is 12.3 Å². The van der Waals surface area contributed by atoms with Gasteiger partial charge in [0.15, 0.2) is 0 Å². The van der Waals surface area contributed by atoms with Gasteiger partial charge < -0.3 is 19.9 Å². The lowest BCUT2D eigenvalue weighted by molar-refractivity contribution is -0.274. The molecule has 0 aliphatic carbocycles. The molecule has 0 spiro atoms. The summed E-state index contributed by atoms with van der Waals surface area (Å²) in [5, 5.41) is 15.5. The number of hydrogen-bond donors (Lipinski definition) is 2. The van der Waals surface area contributed by atoms with Crippen LogP contribution in [0.5, 0.6) is 11.5 Å². The maximum absolute atomic E-state index is 13.4. The smallest absolute Gasteiger partial charge is 0.487 e. The summed E-state index contributed by atoms with van der Waals surface area (Å²) in [7, 11) is 0. The number of alkyl halides is 3. The fraction of sp³-hybridized carbons (Fsp3) is 0.250. The number of thiazole rings is 1. The number of carboxylic acids is 1. The lowest BCUT2D eigenvalue weighted by Gasteiger charge is -2.28. The highest BCUT2D eigenvalue weighted by Crippen LogP contribution is 2.35. The van der Waals surface area contributed by atoms with Crippen molar-refractivity contribution < 1.29 is 37.3 Å². The first-order valence-corrected chi connectivity index (χ1v) is 12.7. The fourth-order valence-electron chi connectivity index (χ4n) is 3.94. The Morgan fingerprint density at radius 2 is 1.74 bits per heavy atom. The molecule has 0 aliphatic rings. The number of nitrogens with zero attached hydrogens (tertiary/aromatic N) is 1. The topological polar surface area (TPSA) is 97.8 Å². The van der Waals surface area contributed by atoms with Crippen LogP contribution >= 0.6 is 11.3 Å². The zero-order valence-corrected chi connectivity index (χ0v) is 22.0. The number of aliphatic carboxylic acids is 1. The molecule has 3 aromatic carbocycles. The second kappa shape index (κ2) is 10.9. The Morgan fingerprint density at radius 3 is 2.33 bits per heavy atom. The molecular weight excluding hydrogens is 533 g/mol. The van der Waals surface area contributed by atoms with Gasteiger partial charge in [-0.2, -0.15) is 0 Å². The molecule has 0 fully saturated rings. The Balaban J connectivity index is 1.72. The van der Waals surface area contributed by atoms with Crippen molar-refractivity contribution in [2.45, 2.75) is 39.8 Å². The minimum absolute atomic E-state index is 0.0751. The molecule has 7 nitrogen and oxygen atoms in total. The van der Waals surface area contributed by atoms with Crippen LogP contribution in [-0.2, 0) is 11.4 Å². The molecule has 0 radical (unpaired) electrons. The standard InChI is InChI=1S/C28H25F3N2O5S/c1-27(2,3)24(26(35)36)33-25(34)20-11-8-17-6-7-18(22-14-39-15-32-22)12-21(17)23(20)37-13-16-4-9-19(10-5-16)38-28(29,30)31/h4-12,14-15,24H,13H2,1-3H3,(H,33,34)(H,35,36)/t24-/m1/s1. The first-order chi connectivity index (χ1) is 18.3.